The smallest absolute Gasteiger partial charge is 0.370 e. The average molecular weight is 418 g/mol. The van der Waals surface area contributed by atoms with Gasteiger partial charge in [-0.1, -0.05) is 12.1 Å². The molecule has 2 fully saturated rings. The van der Waals surface area contributed by atoms with E-state index in [2.05, 4.69) is 10.6 Å². The van der Waals surface area contributed by atoms with Gasteiger partial charge in [0.2, 0.25) is 5.91 Å². The number of halogens is 3. The number of nitrogens with one attached hydrogen (secondary N) is 2. The molecule has 0 bridgehead atoms. The number of hydrogen-bond acceptors (Lipinski definition) is 4. The van der Waals surface area contributed by atoms with Crippen LogP contribution in [0.15, 0.2) is 48.5 Å². The van der Waals surface area contributed by atoms with Crippen LogP contribution in [0.25, 0.3) is 0 Å². The fourth-order valence-corrected chi connectivity index (χ4v) is 4.12. The van der Waals surface area contributed by atoms with Crippen molar-refractivity contribution in [2.45, 2.75) is 25.1 Å². The van der Waals surface area contributed by atoms with Crippen LogP contribution in [0, 0.1) is 11.8 Å². The molecule has 2 aliphatic rings. The Morgan fingerprint density at radius 2 is 1.67 bits per heavy atom. The molecule has 0 radical (unpaired) electrons. The van der Waals surface area contributed by atoms with Crippen molar-refractivity contribution in [3.05, 3.63) is 54.1 Å². The number of amides is 1. The number of alkyl halides is 3. The monoisotopic (exact) mass is 418 g/mol. The number of carbonyl (C=O) groups excluding carboxylic acids is 1. The van der Waals surface area contributed by atoms with Crippen molar-refractivity contribution >= 4 is 23.0 Å². The highest BCUT2D eigenvalue weighted by atomic mass is 19.4. The van der Waals surface area contributed by atoms with Crippen molar-refractivity contribution in [2.24, 2.45) is 17.6 Å². The Bertz CT molecular complexity index is 877. The third-order valence-electron chi connectivity index (χ3n) is 5.99. The summed E-state index contributed by atoms with van der Waals surface area (Å²) in [5.41, 5.74) is 9.18. The van der Waals surface area contributed by atoms with Crippen molar-refractivity contribution < 1.29 is 18.0 Å². The van der Waals surface area contributed by atoms with Crippen LogP contribution in [0.2, 0.25) is 0 Å². The van der Waals surface area contributed by atoms with E-state index in [1.165, 1.54) is 0 Å². The Balaban J connectivity index is 1.31. The highest BCUT2D eigenvalue weighted by Gasteiger charge is 2.47. The molecule has 4 N–H and O–H groups in total. The number of rotatable bonds is 6. The number of primary amides is 1. The van der Waals surface area contributed by atoms with E-state index in [4.69, 9.17) is 5.73 Å². The summed E-state index contributed by atoms with van der Waals surface area (Å²) >= 11 is 0. The number of benzene rings is 2. The summed E-state index contributed by atoms with van der Waals surface area (Å²) in [4.78, 5) is 13.3. The Labute approximate surface area is 173 Å². The highest BCUT2D eigenvalue weighted by molar-refractivity contribution is 5.77. The number of nitrogens with zero attached hydrogens (tertiary/aromatic N) is 1. The van der Waals surface area contributed by atoms with Gasteiger partial charge in [0.15, 0.2) is 0 Å². The van der Waals surface area contributed by atoms with Crippen molar-refractivity contribution in [2.75, 3.05) is 29.9 Å². The molecule has 0 spiro atoms. The van der Waals surface area contributed by atoms with Crippen LogP contribution < -0.4 is 21.3 Å². The van der Waals surface area contributed by atoms with Crippen molar-refractivity contribution in [3.63, 3.8) is 0 Å². The number of carbonyl (C=O) groups is 1. The lowest BCUT2D eigenvalue weighted by molar-refractivity contribution is -0.180. The minimum absolute atomic E-state index is 0.0181. The van der Waals surface area contributed by atoms with Crippen LogP contribution in [0.5, 0.6) is 0 Å². The molecule has 0 aromatic heterocycles. The van der Waals surface area contributed by atoms with Gasteiger partial charge in [0.1, 0.15) is 0 Å². The summed E-state index contributed by atoms with van der Waals surface area (Å²) in [7, 11) is 0. The Kier molecular flexibility index (Phi) is 5.60. The van der Waals surface area contributed by atoms with Gasteiger partial charge in [0.05, 0.1) is 11.8 Å². The molecular weight excluding hydrogens is 393 g/mol. The van der Waals surface area contributed by atoms with E-state index in [1.807, 2.05) is 48.5 Å². The summed E-state index contributed by atoms with van der Waals surface area (Å²) in [6.45, 7) is 0.844. The van der Waals surface area contributed by atoms with Gasteiger partial charge in [0, 0.05) is 36.2 Å². The summed E-state index contributed by atoms with van der Waals surface area (Å²) < 4.78 is 37.9. The van der Waals surface area contributed by atoms with Gasteiger partial charge in [0.25, 0.3) is 0 Å². The molecular formula is C22H25F3N4O. The molecule has 160 valence electrons. The topological polar surface area (TPSA) is 70.4 Å². The van der Waals surface area contributed by atoms with Gasteiger partial charge in [-0.3, -0.25) is 4.79 Å². The highest BCUT2D eigenvalue weighted by Crippen LogP contribution is 2.36. The fraction of sp³-hybridized carbons (Fsp3) is 0.409. The normalized spacial score (nSPS) is 22.0. The lowest BCUT2D eigenvalue weighted by Crippen LogP contribution is -2.53. The Morgan fingerprint density at radius 3 is 2.23 bits per heavy atom. The molecule has 2 aromatic rings. The molecule has 8 heteroatoms. The van der Waals surface area contributed by atoms with Crippen LogP contribution in [0.3, 0.4) is 0 Å². The zero-order chi connectivity index (χ0) is 21.3. The first kappa shape index (κ1) is 20.5. The van der Waals surface area contributed by atoms with Crippen LogP contribution in [0.4, 0.5) is 30.2 Å². The van der Waals surface area contributed by atoms with E-state index in [0.717, 1.165) is 42.0 Å². The predicted molar refractivity (Wildman–Crippen MR) is 111 cm³/mol. The standard InChI is InChI=1S/C22H25F3N4O/c23-22(24,25)15-12-29(13-15)18-7-5-17(6-8-18)28-16-3-1-14(2-4-16)11-20-19(21(26)30)9-10-27-20/h1-8,15,19-20,27-28H,9-13H2,(H2,26,30). The van der Waals surface area contributed by atoms with E-state index < -0.39 is 12.1 Å². The summed E-state index contributed by atoms with van der Waals surface area (Å²) in [6, 6.07) is 15.5. The molecule has 1 amide bonds. The maximum atomic E-state index is 12.6. The third kappa shape index (κ3) is 4.53. The second-order valence-corrected chi connectivity index (χ2v) is 8.07. The van der Waals surface area contributed by atoms with Crippen molar-refractivity contribution in [1.82, 2.24) is 5.32 Å². The van der Waals surface area contributed by atoms with E-state index in [9.17, 15) is 18.0 Å². The van der Waals surface area contributed by atoms with Gasteiger partial charge in [-0.05, 0) is 61.3 Å². The van der Waals surface area contributed by atoms with Gasteiger partial charge in [-0.2, -0.15) is 13.2 Å². The lowest BCUT2D eigenvalue weighted by atomic mass is 9.94. The van der Waals surface area contributed by atoms with Crippen molar-refractivity contribution in [1.29, 1.82) is 0 Å². The molecule has 2 atom stereocenters. The Hall–Kier alpha value is -2.74. The zero-order valence-corrected chi connectivity index (χ0v) is 16.5. The molecule has 2 saturated heterocycles. The van der Waals surface area contributed by atoms with Gasteiger partial charge >= 0.3 is 6.18 Å². The molecule has 2 heterocycles. The van der Waals surface area contributed by atoms with Crippen LogP contribution in [-0.4, -0.2) is 37.8 Å². The fourth-order valence-electron chi connectivity index (χ4n) is 4.12. The largest absolute Gasteiger partial charge is 0.395 e. The molecule has 4 rings (SSSR count). The molecule has 30 heavy (non-hydrogen) atoms. The van der Waals surface area contributed by atoms with Crippen LogP contribution in [0.1, 0.15) is 12.0 Å². The molecule has 0 aliphatic carbocycles. The van der Waals surface area contributed by atoms with Gasteiger partial charge in [-0.15, -0.1) is 0 Å². The molecule has 0 saturated carbocycles. The second-order valence-electron chi connectivity index (χ2n) is 8.07. The zero-order valence-electron chi connectivity index (χ0n) is 16.5. The van der Waals surface area contributed by atoms with E-state index in [-0.39, 0.29) is 31.0 Å². The number of anilines is 3. The van der Waals surface area contributed by atoms with Crippen molar-refractivity contribution in [3.8, 4) is 0 Å². The predicted octanol–water partition coefficient (Wildman–Crippen LogP) is 3.43. The third-order valence-corrected chi connectivity index (χ3v) is 5.99. The number of hydrogen-bond donors (Lipinski definition) is 3. The molecule has 2 aliphatic heterocycles. The molecule has 2 aromatic carbocycles. The minimum atomic E-state index is -4.11. The minimum Gasteiger partial charge on any atom is -0.370 e. The summed E-state index contributed by atoms with van der Waals surface area (Å²) in [5.74, 6) is -1.61. The Morgan fingerprint density at radius 1 is 1.07 bits per heavy atom. The van der Waals surface area contributed by atoms with E-state index in [1.54, 1.807) is 4.90 Å². The van der Waals surface area contributed by atoms with Crippen LogP contribution in [-0.2, 0) is 11.2 Å². The number of nitrogens with two attached hydrogens (primary N) is 1. The molecule has 5 nitrogen and oxygen atoms in total. The van der Waals surface area contributed by atoms with E-state index in [0.29, 0.717) is 0 Å². The first-order chi connectivity index (χ1) is 14.3. The first-order valence-corrected chi connectivity index (χ1v) is 10.1. The quantitative estimate of drug-likeness (QED) is 0.672. The maximum Gasteiger partial charge on any atom is 0.395 e. The van der Waals surface area contributed by atoms with Crippen LogP contribution >= 0.6 is 0 Å². The average Bonchev–Trinajstić information content (AvgIpc) is 3.11. The van der Waals surface area contributed by atoms with Gasteiger partial charge < -0.3 is 21.3 Å². The van der Waals surface area contributed by atoms with Gasteiger partial charge in [-0.25, -0.2) is 0 Å². The summed E-state index contributed by atoms with van der Waals surface area (Å²) in [6.07, 6.45) is -2.58. The molecule has 2 unspecified atom stereocenters. The SMILES string of the molecule is NC(=O)C1CCNC1Cc1ccc(Nc2ccc(N3CC(C(F)(F)F)C3)cc2)cc1. The first-order valence-electron chi connectivity index (χ1n) is 10.1. The second kappa shape index (κ2) is 8.18. The summed E-state index contributed by atoms with van der Waals surface area (Å²) in [5, 5.41) is 6.64. The van der Waals surface area contributed by atoms with E-state index >= 15 is 0 Å². The maximum absolute atomic E-state index is 12.6. The lowest BCUT2D eigenvalue weighted by Gasteiger charge is -2.41.